The second kappa shape index (κ2) is 10.0. The third-order valence-electron chi connectivity index (χ3n) is 4.77. The van der Waals surface area contributed by atoms with Gasteiger partial charge in [0.25, 0.3) is 0 Å². The fourth-order valence-electron chi connectivity index (χ4n) is 3.27. The van der Waals surface area contributed by atoms with E-state index in [-0.39, 0.29) is 17.4 Å². The quantitative estimate of drug-likeness (QED) is 0.238. The van der Waals surface area contributed by atoms with Gasteiger partial charge in [0, 0.05) is 5.69 Å². The van der Waals surface area contributed by atoms with E-state index < -0.39 is 9.96 Å². The summed E-state index contributed by atoms with van der Waals surface area (Å²) in [5.74, 6) is -0.297. The highest BCUT2D eigenvalue weighted by molar-refractivity contribution is 7.80. The Morgan fingerprint density at radius 2 is 1.71 bits per heavy atom. The monoisotopic (exact) mass is 493 g/mol. The molecule has 8 heteroatoms. The Hall–Kier alpha value is -2.05. The molecule has 0 aliphatic heterocycles. The minimum atomic E-state index is -1.82. The first-order valence-corrected chi connectivity index (χ1v) is 11.1. The molecule has 162 valence electrons. The topological polar surface area (TPSA) is 53.2 Å². The van der Waals surface area contributed by atoms with E-state index in [1.54, 1.807) is 0 Å². The molecule has 0 aromatic heterocycles. The zero-order chi connectivity index (χ0) is 22.6. The normalized spacial score (nSPS) is 12.3. The summed E-state index contributed by atoms with van der Waals surface area (Å²) in [5, 5.41) is 11.0. The summed E-state index contributed by atoms with van der Waals surface area (Å²) < 4.78 is -1.82. The van der Waals surface area contributed by atoms with Gasteiger partial charge in [-0.05, 0) is 54.0 Å². The molecule has 0 fully saturated rings. The van der Waals surface area contributed by atoms with Crippen LogP contribution in [0.4, 0.5) is 5.69 Å². The lowest BCUT2D eigenvalue weighted by atomic mass is 10.0. The minimum absolute atomic E-state index is 0.136. The number of amides is 1. The van der Waals surface area contributed by atoms with E-state index in [1.807, 2.05) is 74.5 Å². The summed E-state index contributed by atoms with van der Waals surface area (Å²) in [6, 6.07) is 19.6. The van der Waals surface area contributed by atoms with Crippen LogP contribution in [0.2, 0.25) is 0 Å². The first-order valence-electron chi connectivity index (χ1n) is 9.61. The van der Waals surface area contributed by atoms with Crippen molar-refractivity contribution in [2.24, 2.45) is 0 Å². The number of benzene rings is 3. The number of fused-ring (bicyclic) bond motifs is 1. The van der Waals surface area contributed by atoms with Crippen molar-refractivity contribution < 1.29 is 4.79 Å². The largest absolute Gasteiger partial charge is 0.339 e. The fourth-order valence-corrected chi connectivity index (χ4v) is 3.83. The molecule has 1 amide bonds. The van der Waals surface area contributed by atoms with Gasteiger partial charge in [-0.3, -0.25) is 4.79 Å². The van der Waals surface area contributed by atoms with Crippen molar-refractivity contribution in [2.75, 3.05) is 5.32 Å². The van der Waals surface area contributed by atoms with Gasteiger partial charge in [-0.2, -0.15) is 0 Å². The number of hydrogen-bond donors (Lipinski definition) is 3. The van der Waals surface area contributed by atoms with Gasteiger partial charge in [0.05, 0.1) is 6.42 Å². The number of carbonyl (C=O) groups is 1. The Labute approximate surface area is 202 Å². The predicted octanol–water partition coefficient (Wildman–Crippen LogP) is 5.80. The number of carbonyl (C=O) groups excluding carboxylic acids is 1. The number of anilines is 1. The van der Waals surface area contributed by atoms with Gasteiger partial charge in [-0.15, -0.1) is 0 Å². The van der Waals surface area contributed by atoms with Gasteiger partial charge in [-0.25, -0.2) is 0 Å². The second-order valence-electron chi connectivity index (χ2n) is 7.27. The summed E-state index contributed by atoms with van der Waals surface area (Å²) in [7, 11) is 0. The maximum Gasteiger partial charge on any atom is 0.228 e. The van der Waals surface area contributed by atoms with Crippen LogP contribution in [-0.4, -0.2) is 21.0 Å². The number of thiocarbonyl (C=S) groups is 1. The van der Waals surface area contributed by atoms with Gasteiger partial charge in [0.15, 0.2) is 5.11 Å². The fraction of sp³-hybridized carbons (Fsp3) is 0.217. The molecular formula is C23H22Cl3N3OS. The minimum Gasteiger partial charge on any atom is -0.339 e. The van der Waals surface area contributed by atoms with E-state index in [0.717, 1.165) is 33.2 Å². The highest BCUT2D eigenvalue weighted by atomic mass is 35.6. The Morgan fingerprint density at radius 3 is 2.42 bits per heavy atom. The molecule has 4 nitrogen and oxygen atoms in total. The van der Waals surface area contributed by atoms with E-state index >= 15 is 0 Å². The highest BCUT2D eigenvalue weighted by Crippen LogP contribution is 2.29. The maximum absolute atomic E-state index is 12.8. The Kier molecular flexibility index (Phi) is 7.65. The molecule has 0 saturated heterocycles. The van der Waals surface area contributed by atoms with Crippen molar-refractivity contribution in [3.63, 3.8) is 0 Å². The molecule has 3 rings (SSSR count). The second-order valence-corrected chi connectivity index (χ2v) is 10.1. The molecule has 0 aliphatic rings. The van der Waals surface area contributed by atoms with E-state index in [9.17, 15) is 4.79 Å². The summed E-state index contributed by atoms with van der Waals surface area (Å²) in [6.07, 6.45) is -0.886. The zero-order valence-corrected chi connectivity index (χ0v) is 20.1. The first-order chi connectivity index (χ1) is 14.6. The Morgan fingerprint density at radius 1 is 1.00 bits per heavy atom. The average molecular weight is 495 g/mol. The lowest BCUT2D eigenvalue weighted by Crippen LogP contribution is -2.56. The SMILES string of the molecule is Cc1ccc(NC(=S)N[C@H](NC(=O)Cc2cccc3ccccc23)C(Cl)(Cl)Cl)c(C)c1. The number of rotatable bonds is 5. The standard InChI is InChI=1S/C23H22Cl3N3OS/c1-14-10-11-19(15(2)12-14)27-22(31)29-21(23(24,25)26)28-20(30)13-17-8-5-7-16-6-3-4-9-18(16)17/h3-12,21H,13H2,1-2H3,(H,28,30)(H2,27,29,31)/t21-/m0/s1. The van der Waals surface area contributed by atoms with Crippen LogP contribution in [0.5, 0.6) is 0 Å². The van der Waals surface area contributed by atoms with Gasteiger partial charge in [0.2, 0.25) is 9.70 Å². The lowest BCUT2D eigenvalue weighted by Gasteiger charge is -2.28. The summed E-state index contributed by atoms with van der Waals surface area (Å²) in [6.45, 7) is 3.98. The molecule has 0 saturated carbocycles. The third-order valence-corrected chi connectivity index (χ3v) is 5.64. The molecule has 0 heterocycles. The molecular weight excluding hydrogens is 473 g/mol. The van der Waals surface area contributed by atoms with E-state index in [4.69, 9.17) is 47.0 Å². The maximum atomic E-state index is 12.8. The summed E-state index contributed by atoms with van der Waals surface area (Å²) >= 11 is 23.7. The molecule has 3 aromatic carbocycles. The van der Waals surface area contributed by atoms with Gasteiger partial charge in [0.1, 0.15) is 6.17 Å². The van der Waals surface area contributed by atoms with Crippen LogP contribution in [0.15, 0.2) is 60.7 Å². The zero-order valence-electron chi connectivity index (χ0n) is 17.0. The summed E-state index contributed by atoms with van der Waals surface area (Å²) in [4.78, 5) is 12.8. The van der Waals surface area contributed by atoms with Crippen LogP contribution >= 0.6 is 47.0 Å². The highest BCUT2D eigenvalue weighted by Gasteiger charge is 2.34. The van der Waals surface area contributed by atoms with E-state index in [0.29, 0.717) is 0 Å². The molecule has 3 aromatic rings. The first kappa shape index (κ1) is 23.6. The van der Waals surface area contributed by atoms with Crippen LogP contribution < -0.4 is 16.0 Å². The van der Waals surface area contributed by atoms with E-state index in [1.165, 1.54) is 0 Å². The predicted molar refractivity (Wildman–Crippen MR) is 135 cm³/mol. The Bertz CT molecular complexity index is 1110. The van der Waals surface area contributed by atoms with E-state index in [2.05, 4.69) is 16.0 Å². The third kappa shape index (κ3) is 6.47. The number of alkyl halides is 3. The molecule has 0 unspecified atom stereocenters. The van der Waals surface area contributed by atoms with Crippen molar-refractivity contribution in [1.29, 1.82) is 0 Å². The van der Waals surface area contributed by atoms with Crippen molar-refractivity contribution >= 4 is 74.5 Å². The van der Waals surface area contributed by atoms with Crippen LogP contribution in [-0.2, 0) is 11.2 Å². The van der Waals surface area contributed by atoms with Gasteiger partial charge >= 0.3 is 0 Å². The average Bonchev–Trinajstić information content (AvgIpc) is 2.69. The van der Waals surface area contributed by atoms with Crippen molar-refractivity contribution in [1.82, 2.24) is 10.6 Å². The van der Waals surface area contributed by atoms with Gasteiger partial charge in [-0.1, -0.05) is 95.0 Å². The molecule has 0 spiro atoms. The van der Waals surface area contributed by atoms with Crippen LogP contribution in [0, 0.1) is 13.8 Å². The van der Waals surface area contributed by atoms with Crippen molar-refractivity contribution in [2.45, 2.75) is 30.2 Å². The molecule has 3 N–H and O–H groups in total. The number of hydrogen-bond acceptors (Lipinski definition) is 2. The molecule has 31 heavy (non-hydrogen) atoms. The number of aryl methyl sites for hydroxylation is 2. The van der Waals surface area contributed by atoms with Crippen LogP contribution in [0.1, 0.15) is 16.7 Å². The summed E-state index contributed by atoms with van der Waals surface area (Å²) in [5.41, 5.74) is 3.87. The molecule has 0 radical (unpaired) electrons. The van der Waals surface area contributed by atoms with Gasteiger partial charge < -0.3 is 16.0 Å². The lowest BCUT2D eigenvalue weighted by molar-refractivity contribution is -0.121. The number of halogens is 3. The van der Waals surface area contributed by atoms with Crippen molar-refractivity contribution in [3.8, 4) is 0 Å². The van der Waals surface area contributed by atoms with Crippen LogP contribution in [0.25, 0.3) is 10.8 Å². The smallest absolute Gasteiger partial charge is 0.228 e. The molecule has 1 atom stereocenters. The van der Waals surface area contributed by atoms with Crippen molar-refractivity contribution in [3.05, 3.63) is 77.4 Å². The molecule has 0 aliphatic carbocycles. The number of nitrogens with one attached hydrogen (secondary N) is 3. The molecule has 0 bridgehead atoms. The van der Waals surface area contributed by atoms with Crippen LogP contribution in [0.3, 0.4) is 0 Å². The Balaban J connectivity index is 1.69.